The fourth-order valence-corrected chi connectivity index (χ4v) is 3.98. The molecule has 2 saturated heterocycles. The Morgan fingerprint density at radius 1 is 1.23 bits per heavy atom. The van der Waals surface area contributed by atoms with Crippen LogP contribution in [0, 0.1) is 11.8 Å². The minimum atomic E-state index is 0.278. The van der Waals surface area contributed by atoms with E-state index in [9.17, 15) is 0 Å². The average molecular weight is 302 g/mol. The van der Waals surface area contributed by atoms with Crippen molar-refractivity contribution in [2.75, 3.05) is 32.8 Å². The lowest BCUT2D eigenvalue weighted by Crippen LogP contribution is -2.49. The second-order valence-electron chi connectivity index (χ2n) is 6.92. The molecule has 22 heavy (non-hydrogen) atoms. The molecule has 2 heterocycles. The van der Waals surface area contributed by atoms with E-state index >= 15 is 0 Å². The van der Waals surface area contributed by atoms with Crippen LogP contribution >= 0.6 is 0 Å². The SMILES string of the molecule is CCN1CC[C@@H](NC[C@H]2CCO[C@@H]2c2ccccc2)[C@@H](C)C1. The minimum absolute atomic E-state index is 0.278. The van der Waals surface area contributed by atoms with Gasteiger partial charge in [0.15, 0.2) is 0 Å². The Labute approximate surface area is 135 Å². The van der Waals surface area contributed by atoms with Gasteiger partial charge in [0.1, 0.15) is 0 Å². The first-order valence-electron chi connectivity index (χ1n) is 8.90. The lowest BCUT2D eigenvalue weighted by Gasteiger charge is -2.37. The zero-order valence-corrected chi connectivity index (χ0v) is 14.0. The molecule has 0 spiro atoms. The number of nitrogens with zero attached hydrogens (tertiary/aromatic N) is 1. The Kier molecular flexibility index (Phi) is 5.51. The van der Waals surface area contributed by atoms with Crippen molar-refractivity contribution in [2.45, 2.75) is 38.8 Å². The van der Waals surface area contributed by atoms with E-state index in [4.69, 9.17) is 4.74 Å². The van der Waals surface area contributed by atoms with Crippen molar-refractivity contribution in [3.8, 4) is 0 Å². The topological polar surface area (TPSA) is 24.5 Å². The highest BCUT2D eigenvalue weighted by Crippen LogP contribution is 2.34. The molecule has 2 fully saturated rings. The average Bonchev–Trinajstić information content (AvgIpc) is 3.03. The smallest absolute Gasteiger partial charge is 0.0866 e. The van der Waals surface area contributed by atoms with E-state index in [1.807, 2.05) is 0 Å². The third-order valence-corrected chi connectivity index (χ3v) is 5.42. The zero-order valence-electron chi connectivity index (χ0n) is 14.0. The van der Waals surface area contributed by atoms with E-state index in [0.717, 1.165) is 19.1 Å². The first kappa shape index (κ1) is 16.0. The maximum absolute atomic E-state index is 6.00. The van der Waals surface area contributed by atoms with Gasteiger partial charge in [-0.05, 0) is 37.4 Å². The number of hydrogen-bond acceptors (Lipinski definition) is 3. The van der Waals surface area contributed by atoms with Gasteiger partial charge in [0.05, 0.1) is 6.10 Å². The van der Waals surface area contributed by atoms with Crippen molar-refractivity contribution in [1.29, 1.82) is 0 Å². The number of benzene rings is 1. The normalized spacial score (nSPS) is 33.2. The second-order valence-corrected chi connectivity index (χ2v) is 6.92. The van der Waals surface area contributed by atoms with E-state index in [2.05, 4.69) is 54.4 Å². The molecule has 0 saturated carbocycles. The number of hydrogen-bond donors (Lipinski definition) is 1. The van der Waals surface area contributed by atoms with Gasteiger partial charge in [-0.15, -0.1) is 0 Å². The number of likely N-dealkylation sites (tertiary alicyclic amines) is 1. The van der Waals surface area contributed by atoms with Crippen LogP contribution in [0.3, 0.4) is 0 Å². The van der Waals surface area contributed by atoms with E-state index in [0.29, 0.717) is 12.0 Å². The van der Waals surface area contributed by atoms with Crippen LogP contribution in [0.15, 0.2) is 30.3 Å². The molecule has 3 nitrogen and oxygen atoms in total. The van der Waals surface area contributed by atoms with E-state index in [1.54, 1.807) is 0 Å². The Bertz CT molecular complexity index is 450. The summed E-state index contributed by atoms with van der Waals surface area (Å²) in [4.78, 5) is 2.56. The Morgan fingerprint density at radius 2 is 2.05 bits per heavy atom. The zero-order chi connectivity index (χ0) is 15.4. The molecule has 2 aliphatic heterocycles. The number of piperidine rings is 1. The predicted octanol–water partition coefficient (Wildman–Crippen LogP) is 3.08. The van der Waals surface area contributed by atoms with E-state index in [-0.39, 0.29) is 6.10 Å². The molecular formula is C19H30N2O. The first-order valence-corrected chi connectivity index (χ1v) is 8.90. The summed E-state index contributed by atoms with van der Waals surface area (Å²) >= 11 is 0. The molecule has 3 heteroatoms. The Morgan fingerprint density at radius 3 is 2.77 bits per heavy atom. The molecule has 1 N–H and O–H groups in total. The van der Waals surface area contributed by atoms with E-state index < -0.39 is 0 Å². The molecular weight excluding hydrogens is 272 g/mol. The van der Waals surface area contributed by atoms with Crippen LogP contribution in [0.1, 0.15) is 38.4 Å². The van der Waals surface area contributed by atoms with Crippen molar-refractivity contribution >= 4 is 0 Å². The standard InChI is InChI=1S/C19H30N2O/c1-3-21-11-9-18(15(2)14-21)20-13-17-10-12-22-19(17)16-7-5-4-6-8-16/h4-8,15,17-20H,3,9-14H2,1-2H3/t15-,17+,18+,19+/m0/s1. The van der Waals surface area contributed by atoms with Gasteiger partial charge in [0.25, 0.3) is 0 Å². The van der Waals surface area contributed by atoms with Crippen molar-refractivity contribution < 1.29 is 4.74 Å². The summed E-state index contributed by atoms with van der Waals surface area (Å²) in [7, 11) is 0. The second kappa shape index (κ2) is 7.58. The van der Waals surface area contributed by atoms with Gasteiger partial charge in [-0.1, -0.05) is 44.2 Å². The molecule has 1 aromatic carbocycles. The lowest BCUT2D eigenvalue weighted by molar-refractivity contribution is 0.0864. The van der Waals surface area contributed by atoms with E-state index in [1.165, 1.54) is 38.0 Å². The fraction of sp³-hybridized carbons (Fsp3) is 0.684. The summed E-state index contributed by atoms with van der Waals surface area (Å²) in [6, 6.07) is 11.4. The summed E-state index contributed by atoms with van der Waals surface area (Å²) in [5.41, 5.74) is 1.33. The van der Waals surface area contributed by atoms with Crippen LogP contribution in [0.2, 0.25) is 0 Å². The largest absolute Gasteiger partial charge is 0.373 e. The number of ether oxygens (including phenoxy) is 1. The third kappa shape index (κ3) is 3.70. The predicted molar refractivity (Wildman–Crippen MR) is 90.9 cm³/mol. The molecule has 0 aromatic heterocycles. The monoisotopic (exact) mass is 302 g/mol. The molecule has 3 rings (SSSR count). The number of rotatable bonds is 5. The van der Waals surface area contributed by atoms with Gasteiger partial charge in [-0.25, -0.2) is 0 Å². The molecule has 0 radical (unpaired) electrons. The van der Waals surface area contributed by atoms with Crippen LogP contribution in [0.4, 0.5) is 0 Å². The molecule has 1 aromatic rings. The van der Waals surface area contributed by atoms with Crippen LogP contribution in [-0.2, 0) is 4.74 Å². The van der Waals surface area contributed by atoms with Crippen molar-refractivity contribution in [3.63, 3.8) is 0 Å². The highest BCUT2D eigenvalue weighted by Gasteiger charge is 2.31. The van der Waals surface area contributed by atoms with Gasteiger partial charge in [0, 0.05) is 31.7 Å². The van der Waals surface area contributed by atoms with Gasteiger partial charge >= 0.3 is 0 Å². The van der Waals surface area contributed by atoms with Gasteiger partial charge in [0.2, 0.25) is 0 Å². The van der Waals surface area contributed by atoms with Crippen molar-refractivity contribution in [3.05, 3.63) is 35.9 Å². The maximum atomic E-state index is 6.00. The van der Waals surface area contributed by atoms with Crippen molar-refractivity contribution in [2.24, 2.45) is 11.8 Å². The maximum Gasteiger partial charge on any atom is 0.0866 e. The van der Waals surface area contributed by atoms with Crippen LogP contribution < -0.4 is 5.32 Å². The fourth-order valence-electron chi connectivity index (χ4n) is 3.98. The van der Waals surface area contributed by atoms with Gasteiger partial charge in [-0.3, -0.25) is 0 Å². The molecule has 2 aliphatic rings. The summed E-state index contributed by atoms with van der Waals surface area (Å²) in [5.74, 6) is 1.35. The van der Waals surface area contributed by atoms with Crippen LogP contribution in [0.5, 0.6) is 0 Å². The van der Waals surface area contributed by atoms with Crippen LogP contribution in [0.25, 0.3) is 0 Å². The van der Waals surface area contributed by atoms with Crippen molar-refractivity contribution in [1.82, 2.24) is 10.2 Å². The minimum Gasteiger partial charge on any atom is -0.373 e. The highest BCUT2D eigenvalue weighted by molar-refractivity contribution is 5.19. The quantitative estimate of drug-likeness (QED) is 0.904. The summed E-state index contributed by atoms with van der Waals surface area (Å²) in [5, 5.41) is 3.85. The number of nitrogens with one attached hydrogen (secondary N) is 1. The molecule has 0 bridgehead atoms. The Hall–Kier alpha value is -0.900. The molecule has 0 aliphatic carbocycles. The highest BCUT2D eigenvalue weighted by atomic mass is 16.5. The molecule has 122 valence electrons. The lowest BCUT2D eigenvalue weighted by atomic mass is 9.91. The Balaban J connectivity index is 1.53. The summed E-state index contributed by atoms with van der Waals surface area (Å²) in [6.07, 6.45) is 2.73. The third-order valence-electron chi connectivity index (χ3n) is 5.42. The molecule has 0 unspecified atom stereocenters. The molecule has 4 atom stereocenters. The van der Waals surface area contributed by atoms with Crippen LogP contribution in [-0.4, -0.2) is 43.7 Å². The van der Waals surface area contributed by atoms with Gasteiger partial charge < -0.3 is 15.0 Å². The summed E-state index contributed by atoms with van der Waals surface area (Å²) in [6.45, 7) is 10.3. The first-order chi connectivity index (χ1) is 10.8. The summed E-state index contributed by atoms with van der Waals surface area (Å²) < 4.78 is 6.00. The molecule has 0 amide bonds. The van der Waals surface area contributed by atoms with Gasteiger partial charge in [-0.2, -0.15) is 0 Å².